The van der Waals surface area contributed by atoms with Crippen molar-refractivity contribution in [2.24, 2.45) is 0 Å². The standard InChI is InChI=1S/C16H19N3O4S2/c1-3-14(20)18-16(2)6-8-19(9-7-16)25(21,22)15-5-4-13(24-15)12-10-17-11-23-12/h3-5,10-11H,1,6-9H2,2H3,(H,18,20). The number of nitrogens with one attached hydrogen (secondary N) is 1. The molecule has 134 valence electrons. The smallest absolute Gasteiger partial charge is 0.252 e. The SMILES string of the molecule is C=CC(=O)NC1(C)CCN(S(=O)(=O)c2ccc(-c3cnco3)s2)CC1. The van der Waals surface area contributed by atoms with Crippen LogP contribution in [0.5, 0.6) is 0 Å². The number of amides is 1. The molecular formula is C16H19N3O4S2. The van der Waals surface area contributed by atoms with Crippen LogP contribution < -0.4 is 5.32 Å². The highest BCUT2D eigenvalue weighted by molar-refractivity contribution is 7.91. The van der Waals surface area contributed by atoms with Crippen LogP contribution in [-0.4, -0.2) is 42.2 Å². The van der Waals surface area contributed by atoms with E-state index in [1.54, 1.807) is 18.3 Å². The molecule has 0 atom stereocenters. The summed E-state index contributed by atoms with van der Waals surface area (Å²) in [5.41, 5.74) is -0.419. The van der Waals surface area contributed by atoms with Gasteiger partial charge in [-0.15, -0.1) is 11.3 Å². The summed E-state index contributed by atoms with van der Waals surface area (Å²) in [6.45, 7) is 6.07. The van der Waals surface area contributed by atoms with E-state index in [1.165, 1.54) is 16.8 Å². The van der Waals surface area contributed by atoms with Gasteiger partial charge in [0.2, 0.25) is 5.91 Å². The van der Waals surface area contributed by atoms with Crippen LogP contribution in [0.1, 0.15) is 19.8 Å². The quantitative estimate of drug-likeness (QED) is 0.802. The highest BCUT2D eigenvalue weighted by Crippen LogP contribution is 2.34. The average Bonchev–Trinajstić information content (AvgIpc) is 3.26. The lowest BCUT2D eigenvalue weighted by Crippen LogP contribution is -2.53. The van der Waals surface area contributed by atoms with E-state index >= 15 is 0 Å². The fraction of sp³-hybridized carbons (Fsp3) is 0.375. The molecule has 1 N–H and O–H groups in total. The number of rotatable bonds is 5. The molecule has 0 aromatic carbocycles. The molecule has 0 unspecified atom stereocenters. The maximum Gasteiger partial charge on any atom is 0.252 e. The second-order valence-corrected chi connectivity index (χ2v) is 9.39. The van der Waals surface area contributed by atoms with Gasteiger partial charge in [0.25, 0.3) is 10.0 Å². The maximum atomic E-state index is 12.8. The summed E-state index contributed by atoms with van der Waals surface area (Å²) in [4.78, 5) is 16.1. The average molecular weight is 381 g/mol. The molecule has 1 aliphatic heterocycles. The molecule has 0 aliphatic carbocycles. The van der Waals surface area contributed by atoms with Crippen LogP contribution in [0.3, 0.4) is 0 Å². The molecule has 1 saturated heterocycles. The molecule has 1 aliphatic rings. The Bertz CT molecular complexity index is 863. The van der Waals surface area contributed by atoms with Crippen molar-refractivity contribution in [3.63, 3.8) is 0 Å². The molecular weight excluding hydrogens is 362 g/mol. The van der Waals surface area contributed by atoms with Gasteiger partial charge in [-0.3, -0.25) is 4.79 Å². The third kappa shape index (κ3) is 3.68. The Morgan fingerprint density at radius 1 is 1.44 bits per heavy atom. The zero-order valence-corrected chi connectivity index (χ0v) is 15.4. The second kappa shape index (κ2) is 6.74. The molecule has 3 rings (SSSR count). The second-order valence-electron chi connectivity index (χ2n) is 6.14. The van der Waals surface area contributed by atoms with Crippen LogP contribution in [0.25, 0.3) is 10.6 Å². The fourth-order valence-corrected chi connectivity index (χ4v) is 5.60. The molecule has 2 aromatic heterocycles. The Morgan fingerprint density at radius 3 is 2.76 bits per heavy atom. The molecule has 0 spiro atoms. The number of piperidine rings is 1. The van der Waals surface area contributed by atoms with Gasteiger partial charge >= 0.3 is 0 Å². The van der Waals surface area contributed by atoms with Crippen LogP contribution in [0.15, 0.2) is 46.0 Å². The molecule has 1 fully saturated rings. The third-order valence-corrected chi connectivity index (χ3v) is 7.75. The predicted molar refractivity (Wildman–Crippen MR) is 94.6 cm³/mol. The normalized spacial score (nSPS) is 18.0. The van der Waals surface area contributed by atoms with Gasteiger partial charge in [-0.2, -0.15) is 4.31 Å². The summed E-state index contributed by atoms with van der Waals surface area (Å²) >= 11 is 1.16. The molecule has 0 radical (unpaired) electrons. The molecule has 0 saturated carbocycles. The van der Waals surface area contributed by atoms with Crippen LogP contribution in [0, 0.1) is 0 Å². The molecule has 7 nitrogen and oxygen atoms in total. The Morgan fingerprint density at radius 2 is 2.16 bits per heavy atom. The van der Waals surface area contributed by atoms with Crippen molar-refractivity contribution in [3.8, 4) is 10.6 Å². The number of oxazole rings is 1. The Hall–Kier alpha value is -1.97. The van der Waals surface area contributed by atoms with Crippen molar-refractivity contribution in [1.82, 2.24) is 14.6 Å². The van der Waals surface area contributed by atoms with Crippen molar-refractivity contribution in [2.45, 2.75) is 29.5 Å². The van der Waals surface area contributed by atoms with E-state index in [4.69, 9.17) is 4.42 Å². The predicted octanol–water partition coefficient (Wildman–Crippen LogP) is 2.25. The Labute approximate surface area is 150 Å². The first kappa shape index (κ1) is 17.8. The zero-order chi connectivity index (χ0) is 18.1. The van der Waals surface area contributed by atoms with Crippen molar-refractivity contribution in [3.05, 3.63) is 37.4 Å². The molecule has 9 heteroatoms. The van der Waals surface area contributed by atoms with Gasteiger partial charge in [0.05, 0.1) is 11.1 Å². The van der Waals surface area contributed by atoms with E-state index in [2.05, 4.69) is 16.9 Å². The van der Waals surface area contributed by atoms with Gasteiger partial charge in [-0.25, -0.2) is 13.4 Å². The topological polar surface area (TPSA) is 92.5 Å². The first-order valence-electron chi connectivity index (χ1n) is 7.77. The highest BCUT2D eigenvalue weighted by atomic mass is 32.2. The van der Waals surface area contributed by atoms with E-state index in [0.717, 1.165) is 16.2 Å². The van der Waals surface area contributed by atoms with Crippen LogP contribution in [0.2, 0.25) is 0 Å². The third-order valence-electron chi connectivity index (χ3n) is 4.29. The Balaban J connectivity index is 1.72. The van der Waals surface area contributed by atoms with Gasteiger partial charge < -0.3 is 9.73 Å². The lowest BCUT2D eigenvalue weighted by molar-refractivity contribution is -0.118. The lowest BCUT2D eigenvalue weighted by Gasteiger charge is -2.38. The maximum absolute atomic E-state index is 12.8. The zero-order valence-electron chi connectivity index (χ0n) is 13.8. The van der Waals surface area contributed by atoms with E-state index in [0.29, 0.717) is 31.7 Å². The summed E-state index contributed by atoms with van der Waals surface area (Å²) < 4.78 is 32.6. The van der Waals surface area contributed by atoms with E-state index in [-0.39, 0.29) is 10.1 Å². The van der Waals surface area contributed by atoms with E-state index < -0.39 is 15.6 Å². The number of thiophene rings is 1. The van der Waals surface area contributed by atoms with Crippen LogP contribution in [-0.2, 0) is 14.8 Å². The number of aromatic nitrogens is 1. The number of carbonyl (C=O) groups is 1. The molecule has 25 heavy (non-hydrogen) atoms. The molecule has 0 bridgehead atoms. The summed E-state index contributed by atoms with van der Waals surface area (Å²) in [6, 6.07) is 3.31. The lowest BCUT2D eigenvalue weighted by atomic mass is 9.90. The number of hydrogen-bond acceptors (Lipinski definition) is 6. The van der Waals surface area contributed by atoms with Crippen LogP contribution in [0.4, 0.5) is 0 Å². The summed E-state index contributed by atoms with van der Waals surface area (Å²) in [6.07, 6.45) is 5.19. The van der Waals surface area contributed by atoms with E-state index in [9.17, 15) is 13.2 Å². The highest BCUT2D eigenvalue weighted by Gasteiger charge is 2.36. The fourth-order valence-electron chi connectivity index (χ4n) is 2.75. The largest absolute Gasteiger partial charge is 0.443 e. The van der Waals surface area contributed by atoms with Gasteiger partial charge in [-0.1, -0.05) is 6.58 Å². The van der Waals surface area contributed by atoms with Gasteiger partial charge in [0.1, 0.15) is 4.21 Å². The van der Waals surface area contributed by atoms with Gasteiger partial charge in [-0.05, 0) is 38.0 Å². The summed E-state index contributed by atoms with van der Waals surface area (Å²) in [7, 11) is -3.56. The summed E-state index contributed by atoms with van der Waals surface area (Å²) in [5.74, 6) is 0.304. The van der Waals surface area contributed by atoms with Crippen molar-refractivity contribution >= 4 is 27.3 Å². The van der Waals surface area contributed by atoms with Crippen LogP contribution >= 0.6 is 11.3 Å². The van der Waals surface area contributed by atoms with Gasteiger partial charge in [0, 0.05) is 18.6 Å². The first-order valence-corrected chi connectivity index (χ1v) is 10.0. The molecule has 1 amide bonds. The number of carbonyl (C=O) groups excluding carboxylic acids is 1. The minimum absolute atomic E-state index is 0.242. The monoisotopic (exact) mass is 381 g/mol. The van der Waals surface area contributed by atoms with Crippen molar-refractivity contribution < 1.29 is 17.6 Å². The molecule has 2 aromatic rings. The van der Waals surface area contributed by atoms with Crippen molar-refractivity contribution in [1.29, 1.82) is 0 Å². The minimum atomic E-state index is -3.56. The van der Waals surface area contributed by atoms with Crippen molar-refractivity contribution in [2.75, 3.05) is 13.1 Å². The molecule has 3 heterocycles. The number of nitrogens with zero attached hydrogens (tertiary/aromatic N) is 2. The van der Waals surface area contributed by atoms with E-state index in [1.807, 2.05) is 6.92 Å². The van der Waals surface area contributed by atoms with Gasteiger partial charge in [0.15, 0.2) is 12.2 Å². The summed E-state index contributed by atoms with van der Waals surface area (Å²) in [5, 5.41) is 2.88. The first-order chi connectivity index (χ1) is 11.8. The minimum Gasteiger partial charge on any atom is -0.443 e. The Kier molecular flexibility index (Phi) is 4.81. The number of hydrogen-bond donors (Lipinski definition) is 1. The number of sulfonamides is 1.